The summed E-state index contributed by atoms with van der Waals surface area (Å²) in [6.45, 7) is 3.66. The van der Waals surface area contributed by atoms with E-state index in [1.807, 2.05) is 13.0 Å². The Balaban J connectivity index is 1.39. The zero-order valence-electron chi connectivity index (χ0n) is 15.6. The molecule has 144 valence electrons. The molecule has 0 atom stereocenters. The Morgan fingerprint density at radius 1 is 1.07 bits per heavy atom. The van der Waals surface area contributed by atoms with E-state index in [2.05, 4.69) is 20.2 Å². The van der Waals surface area contributed by atoms with Crippen LogP contribution in [-0.4, -0.2) is 52.2 Å². The summed E-state index contributed by atoms with van der Waals surface area (Å²) < 4.78 is 0. The summed E-state index contributed by atoms with van der Waals surface area (Å²) in [4.78, 5) is 49.1. The Labute approximate surface area is 162 Å². The standard InChI is InChI=1S/C20H21N5O3/c1-13-10-17(24-8-4-5-9-24)23-16(22-13)11-21-18(26)12-25-19(27)14-6-2-3-7-15(14)20(25)28/h2-3,6-7,10H,4-5,8-9,11-12H2,1H3,(H,21,26). The van der Waals surface area contributed by atoms with Crippen LogP contribution in [0.25, 0.3) is 0 Å². The van der Waals surface area contributed by atoms with Crippen LogP contribution in [-0.2, 0) is 11.3 Å². The summed E-state index contributed by atoms with van der Waals surface area (Å²) in [5.74, 6) is 0.0623. The zero-order valence-corrected chi connectivity index (χ0v) is 15.6. The average Bonchev–Trinajstić information content (AvgIpc) is 3.30. The molecule has 3 heterocycles. The third-order valence-corrected chi connectivity index (χ3v) is 4.94. The molecule has 1 aromatic carbocycles. The van der Waals surface area contributed by atoms with Crippen molar-refractivity contribution in [1.29, 1.82) is 0 Å². The first kappa shape index (κ1) is 18.1. The fourth-order valence-electron chi connectivity index (χ4n) is 3.56. The highest BCUT2D eigenvalue weighted by Crippen LogP contribution is 2.22. The van der Waals surface area contributed by atoms with Crippen LogP contribution in [0.15, 0.2) is 30.3 Å². The molecule has 2 aliphatic rings. The van der Waals surface area contributed by atoms with Crippen LogP contribution in [0.2, 0.25) is 0 Å². The van der Waals surface area contributed by atoms with Gasteiger partial charge in [0.2, 0.25) is 5.91 Å². The van der Waals surface area contributed by atoms with Crippen LogP contribution in [0, 0.1) is 6.92 Å². The van der Waals surface area contributed by atoms with Crippen LogP contribution in [0.5, 0.6) is 0 Å². The lowest BCUT2D eigenvalue weighted by Gasteiger charge is -2.18. The van der Waals surface area contributed by atoms with Gasteiger partial charge < -0.3 is 10.2 Å². The molecule has 0 radical (unpaired) electrons. The van der Waals surface area contributed by atoms with E-state index in [4.69, 9.17) is 0 Å². The van der Waals surface area contributed by atoms with Crippen molar-refractivity contribution in [1.82, 2.24) is 20.2 Å². The summed E-state index contributed by atoms with van der Waals surface area (Å²) >= 11 is 0. The largest absolute Gasteiger partial charge is 0.357 e. The van der Waals surface area contributed by atoms with Crippen LogP contribution in [0.1, 0.15) is 45.1 Å². The zero-order chi connectivity index (χ0) is 19.7. The molecule has 8 heteroatoms. The maximum atomic E-state index is 12.3. The number of nitrogens with one attached hydrogen (secondary N) is 1. The van der Waals surface area contributed by atoms with E-state index in [-0.39, 0.29) is 13.1 Å². The summed E-state index contributed by atoms with van der Waals surface area (Å²) in [7, 11) is 0. The highest BCUT2D eigenvalue weighted by atomic mass is 16.2. The Morgan fingerprint density at radius 2 is 1.71 bits per heavy atom. The molecule has 8 nitrogen and oxygen atoms in total. The number of carbonyl (C=O) groups is 3. The number of imide groups is 1. The van der Waals surface area contributed by atoms with E-state index in [9.17, 15) is 14.4 Å². The number of nitrogens with zero attached hydrogens (tertiary/aromatic N) is 4. The maximum Gasteiger partial charge on any atom is 0.262 e. The van der Waals surface area contributed by atoms with E-state index >= 15 is 0 Å². The van der Waals surface area contributed by atoms with Gasteiger partial charge in [-0.3, -0.25) is 19.3 Å². The number of fused-ring (bicyclic) bond motifs is 1. The van der Waals surface area contributed by atoms with Crippen LogP contribution in [0.3, 0.4) is 0 Å². The second-order valence-electron chi connectivity index (χ2n) is 7.00. The molecular weight excluding hydrogens is 358 g/mol. The van der Waals surface area contributed by atoms with Crippen molar-refractivity contribution in [2.45, 2.75) is 26.3 Å². The molecule has 1 aromatic heterocycles. The molecule has 0 saturated carbocycles. The first-order valence-corrected chi connectivity index (χ1v) is 9.34. The summed E-state index contributed by atoms with van der Waals surface area (Å²) in [6, 6.07) is 8.51. The van der Waals surface area contributed by atoms with Crippen molar-refractivity contribution in [3.63, 3.8) is 0 Å². The Bertz CT molecular complexity index is 918. The van der Waals surface area contributed by atoms with Gasteiger partial charge >= 0.3 is 0 Å². The van der Waals surface area contributed by atoms with Gasteiger partial charge in [-0.15, -0.1) is 0 Å². The van der Waals surface area contributed by atoms with Crippen molar-refractivity contribution >= 4 is 23.5 Å². The number of carbonyl (C=O) groups excluding carboxylic acids is 3. The lowest BCUT2D eigenvalue weighted by Crippen LogP contribution is -2.40. The minimum atomic E-state index is -0.445. The maximum absolute atomic E-state index is 12.3. The first-order chi connectivity index (χ1) is 13.5. The summed E-state index contributed by atoms with van der Waals surface area (Å²) in [5, 5.41) is 2.71. The summed E-state index contributed by atoms with van der Waals surface area (Å²) in [5.41, 5.74) is 1.50. The van der Waals surface area contributed by atoms with E-state index in [1.165, 1.54) is 0 Å². The number of anilines is 1. The quantitative estimate of drug-likeness (QED) is 0.787. The van der Waals surface area contributed by atoms with Gasteiger partial charge in [0.05, 0.1) is 17.7 Å². The van der Waals surface area contributed by atoms with Gasteiger partial charge in [-0.05, 0) is 31.9 Å². The van der Waals surface area contributed by atoms with Crippen molar-refractivity contribution in [2.24, 2.45) is 0 Å². The lowest BCUT2D eigenvalue weighted by atomic mass is 10.1. The van der Waals surface area contributed by atoms with Gasteiger partial charge in [-0.1, -0.05) is 12.1 Å². The molecule has 1 saturated heterocycles. The van der Waals surface area contributed by atoms with Crippen molar-refractivity contribution in [3.05, 3.63) is 53.0 Å². The Hall–Kier alpha value is -3.29. The second-order valence-corrected chi connectivity index (χ2v) is 7.00. The number of amides is 3. The predicted molar refractivity (Wildman–Crippen MR) is 102 cm³/mol. The van der Waals surface area contributed by atoms with Gasteiger partial charge in [0, 0.05) is 24.8 Å². The average molecular weight is 379 g/mol. The molecule has 1 fully saturated rings. The van der Waals surface area contributed by atoms with Crippen molar-refractivity contribution < 1.29 is 14.4 Å². The fraction of sp³-hybridized carbons (Fsp3) is 0.350. The molecule has 1 N–H and O–H groups in total. The normalized spacial score (nSPS) is 15.9. The number of hydrogen-bond acceptors (Lipinski definition) is 6. The highest BCUT2D eigenvalue weighted by molar-refractivity contribution is 6.22. The monoisotopic (exact) mass is 379 g/mol. The molecule has 28 heavy (non-hydrogen) atoms. The van der Waals surface area contributed by atoms with E-state index in [0.717, 1.165) is 42.3 Å². The molecule has 4 rings (SSSR count). The van der Waals surface area contributed by atoms with Gasteiger partial charge in [0.15, 0.2) is 0 Å². The second kappa shape index (κ2) is 7.38. The molecule has 3 amide bonds. The lowest BCUT2D eigenvalue weighted by molar-refractivity contribution is -0.121. The van der Waals surface area contributed by atoms with E-state index < -0.39 is 17.7 Å². The highest BCUT2D eigenvalue weighted by Gasteiger charge is 2.36. The van der Waals surface area contributed by atoms with Gasteiger partial charge in [0.1, 0.15) is 18.2 Å². The minimum Gasteiger partial charge on any atom is -0.357 e. The first-order valence-electron chi connectivity index (χ1n) is 9.34. The number of rotatable bonds is 5. The fourth-order valence-corrected chi connectivity index (χ4v) is 3.56. The van der Waals surface area contributed by atoms with Gasteiger partial charge in [0.25, 0.3) is 11.8 Å². The third-order valence-electron chi connectivity index (χ3n) is 4.94. The Kier molecular flexibility index (Phi) is 4.77. The van der Waals surface area contributed by atoms with Gasteiger partial charge in [-0.2, -0.15) is 0 Å². The third kappa shape index (κ3) is 3.45. The topological polar surface area (TPSA) is 95.5 Å². The number of aromatic nitrogens is 2. The number of aryl methyl sites for hydroxylation is 1. The molecule has 0 aliphatic carbocycles. The van der Waals surface area contributed by atoms with E-state index in [0.29, 0.717) is 17.0 Å². The van der Waals surface area contributed by atoms with Crippen molar-refractivity contribution in [2.75, 3.05) is 24.5 Å². The van der Waals surface area contributed by atoms with Crippen LogP contribution < -0.4 is 10.2 Å². The molecular formula is C20H21N5O3. The predicted octanol–water partition coefficient (Wildman–Crippen LogP) is 1.30. The number of benzene rings is 1. The number of hydrogen-bond donors (Lipinski definition) is 1. The summed E-state index contributed by atoms with van der Waals surface area (Å²) in [6.07, 6.45) is 2.30. The van der Waals surface area contributed by atoms with Crippen LogP contribution in [0.4, 0.5) is 5.82 Å². The Morgan fingerprint density at radius 3 is 2.36 bits per heavy atom. The SMILES string of the molecule is Cc1cc(N2CCCC2)nc(CNC(=O)CN2C(=O)c3ccccc3C2=O)n1. The van der Waals surface area contributed by atoms with Crippen molar-refractivity contribution in [3.8, 4) is 0 Å². The van der Waals surface area contributed by atoms with E-state index in [1.54, 1.807) is 24.3 Å². The molecule has 0 bridgehead atoms. The molecule has 2 aliphatic heterocycles. The van der Waals surface area contributed by atoms with Crippen LogP contribution >= 0.6 is 0 Å². The van der Waals surface area contributed by atoms with Gasteiger partial charge in [-0.25, -0.2) is 9.97 Å². The smallest absolute Gasteiger partial charge is 0.262 e. The minimum absolute atomic E-state index is 0.143. The molecule has 2 aromatic rings. The molecule has 0 unspecified atom stereocenters. The molecule has 0 spiro atoms.